The predicted octanol–water partition coefficient (Wildman–Crippen LogP) is 3.03. The zero-order valence-electron chi connectivity index (χ0n) is 12.1. The first kappa shape index (κ1) is 17.0. The highest BCUT2D eigenvalue weighted by molar-refractivity contribution is 9.39. The van der Waals surface area contributed by atoms with Gasteiger partial charge in [0.15, 0.2) is 6.04 Å². The predicted molar refractivity (Wildman–Crippen MR) is 90.7 cm³/mol. The summed E-state index contributed by atoms with van der Waals surface area (Å²) in [7, 11) is 0. The second-order valence-electron chi connectivity index (χ2n) is 5.86. The first-order valence-electron chi connectivity index (χ1n) is 6.38. The molecular weight excluding hydrogens is 424 g/mol. The van der Waals surface area contributed by atoms with Crippen LogP contribution in [-0.4, -0.2) is 43.1 Å². The summed E-state index contributed by atoms with van der Waals surface area (Å²) < 4.78 is 5.91. The smallest absolute Gasteiger partial charge is 0.355 e. The van der Waals surface area contributed by atoms with Gasteiger partial charge < -0.3 is 4.74 Å². The van der Waals surface area contributed by atoms with E-state index in [0.717, 1.165) is 5.57 Å². The van der Waals surface area contributed by atoms with Crippen LogP contribution in [0.1, 0.15) is 27.7 Å². The zero-order chi connectivity index (χ0) is 15.9. The zero-order valence-corrected chi connectivity index (χ0v) is 16.1. The fraction of sp³-hybridized carbons (Fsp3) is 0.615. The Bertz CT molecular complexity index is 550. The summed E-state index contributed by atoms with van der Waals surface area (Å²) >= 11 is 7.95. The van der Waals surface area contributed by atoms with Gasteiger partial charge in [0.2, 0.25) is 0 Å². The number of esters is 1. The van der Waals surface area contributed by atoms with Crippen molar-refractivity contribution in [1.82, 2.24) is 4.90 Å². The fourth-order valence-electron chi connectivity index (χ4n) is 2.16. The summed E-state index contributed by atoms with van der Waals surface area (Å²) in [6, 6.07) is -0.464. The lowest BCUT2D eigenvalue weighted by atomic mass is 10.0. The first-order valence-corrected chi connectivity index (χ1v) is 9.02. The van der Waals surface area contributed by atoms with Crippen LogP contribution >= 0.6 is 43.6 Å². The van der Waals surface area contributed by atoms with E-state index in [1.807, 2.05) is 27.7 Å². The molecule has 0 saturated carbocycles. The van der Waals surface area contributed by atoms with Crippen molar-refractivity contribution < 1.29 is 14.3 Å². The summed E-state index contributed by atoms with van der Waals surface area (Å²) in [5.41, 5.74) is 0.643. The summed E-state index contributed by atoms with van der Waals surface area (Å²) in [6.07, 6.45) is 0. The largest absolute Gasteiger partial charge is 0.455 e. The van der Waals surface area contributed by atoms with Crippen LogP contribution in [0.2, 0.25) is 0 Å². The molecule has 0 aromatic rings. The summed E-state index contributed by atoms with van der Waals surface area (Å²) in [4.78, 5) is 30.3. The van der Waals surface area contributed by atoms with Crippen molar-refractivity contribution in [3.8, 4) is 0 Å². The van der Waals surface area contributed by atoms with Crippen LogP contribution in [0.5, 0.6) is 0 Å². The van der Waals surface area contributed by atoms with Gasteiger partial charge in [0, 0.05) is 5.75 Å². The molecule has 0 aromatic carbocycles. The van der Waals surface area contributed by atoms with E-state index < -0.39 is 17.6 Å². The van der Waals surface area contributed by atoms with Crippen molar-refractivity contribution >= 4 is 59.0 Å². The Kier molecular flexibility index (Phi) is 4.90. The highest BCUT2D eigenvalue weighted by Gasteiger charge is 2.53. The number of nitrogens with zero attached hydrogens (tertiary/aromatic N) is 2. The number of hydrogen-bond acceptors (Lipinski definition) is 5. The van der Waals surface area contributed by atoms with Gasteiger partial charge in [-0.3, -0.25) is 14.7 Å². The van der Waals surface area contributed by atoms with Crippen LogP contribution < -0.4 is 0 Å². The van der Waals surface area contributed by atoms with E-state index in [0.29, 0.717) is 15.0 Å². The topological polar surface area (TPSA) is 59.0 Å². The molecule has 2 aliphatic heterocycles. The Balaban J connectivity index is 2.25. The normalized spacial score (nSPS) is 25.2. The van der Waals surface area contributed by atoms with Gasteiger partial charge in [0.05, 0.1) is 0 Å². The van der Waals surface area contributed by atoms with Gasteiger partial charge in [0.1, 0.15) is 20.2 Å². The lowest BCUT2D eigenvalue weighted by Gasteiger charge is -2.48. The lowest BCUT2D eigenvalue weighted by molar-refractivity contribution is -0.157. The van der Waals surface area contributed by atoms with Crippen molar-refractivity contribution in [2.24, 2.45) is 4.99 Å². The molecule has 0 aliphatic carbocycles. The van der Waals surface area contributed by atoms with Crippen LogP contribution in [0.15, 0.2) is 16.3 Å². The number of hydrogen-bond donors (Lipinski definition) is 0. The van der Waals surface area contributed by atoms with Gasteiger partial charge in [-0.1, -0.05) is 0 Å². The molecule has 2 heterocycles. The second kappa shape index (κ2) is 6.04. The minimum Gasteiger partial charge on any atom is -0.455 e. The minimum atomic E-state index is -0.588. The number of β-lactam (4-membered cyclic amide) rings is 1. The SMILES string of the molecule is CC1=C(C(=O)OC(C)(C)C)N2C(=O)C(N=C(Br)Br)[C@@H]2SC1. The molecule has 5 nitrogen and oxygen atoms in total. The van der Waals surface area contributed by atoms with E-state index in [9.17, 15) is 9.59 Å². The quantitative estimate of drug-likeness (QED) is 0.377. The second-order valence-corrected chi connectivity index (χ2v) is 9.53. The Hall–Kier alpha value is -0.340. The molecule has 1 fully saturated rings. The molecule has 1 saturated heterocycles. The van der Waals surface area contributed by atoms with Gasteiger partial charge in [0.25, 0.3) is 5.91 Å². The average Bonchev–Trinajstić information content (AvgIpc) is 2.33. The van der Waals surface area contributed by atoms with E-state index in [1.165, 1.54) is 4.90 Å². The fourth-order valence-corrected chi connectivity index (χ4v) is 3.88. The number of amides is 1. The summed E-state index contributed by atoms with van der Waals surface area (Å²) in [6.45, 7) is 7.28. The maximum Gasteiger partial charge on any atom is 0.355 e. The molecule has 1 unspecified atom stereocenters. The molecule has 0 bridgehead atoms. The van der Waals surface area contributed by atoms with Gasteiger partial charge >= 0.3 is 5.97 Å². The molecule has 0 N–H and O–H groups in total. The standard InChI is InChI=1S/C13H16Br2N2O3S/c1-6-5-21-10-7(16-12(14)15)9(18)17(10)8(6)11(19)20-13(2,3)4/h7,10H,5H2,1-4H3/t7?,10-/m0/s1. The van der Waals surface area contributed by atoms with Crippen LogP contribution in [0, 0.1) is 0 Å². The van der Waals surface area contributed by atoms with Crippen molar-refractivity contribution in [3.05, 3.63) is 11.3 Å². The van der Waals surface area contributed by atoms with Crippen LogP contribution in [0.4, 0.5) is 0 Å². The molecule has 2 atom stereocenters. The third-order valence-electron chi connectivity index (χ3n) is 2.96. The molecule has 0 aromatic heterocycles. The number of fused-ring (bicyclic) bond motifs is 1. The van der Waals surface area contributed by atoms with E-state index in [1.54, 1.807) is 11.8 Å². The van der Waals surface area contributed by atoms with E-state index in [2.05, 4.69) is 36.9 Å². The third-order valence-corrected chi connectivity index (χ3v) is 4.78. The number of aliphatic imine (C=N–C) groups is 1. The first-order chi connectivity index (χ1) is 9.61. The molecular formula is C13H16Br2N2O3S. The molecule has 0 radical (unpaired) electrons. The molecule has 8 heteroatoms. The highest BCUT2D eigenvalue weighted by Crippen LogP contribution is 2.42. The van der Waals surface area contributed by atoms with Gasteiger partial charge in [-0.05, 0) is 65.1 Å². The number of thioether (sulfide) groups is 1. The molecule has 116 valence electrons. The van der Waals surface area contributed by atoms with Crippen LogP contribution in [0.25, 0.3) is 0 Å². The Morgan fingerprint density at radius 1 is 1.43 bits per heavy atom. The van der Waals surface area contributed by atoms with Gasteiger partial charge in [-0.2, -0.15) is 0 Å². The van der Waals surface area contributed by atoms with Crippen molar-refractivity contribution in [3.63, 3.8) is 0 Å². The number of halogens is 2. The van der Waals surface area contributed by atoms with E-state index in [-0.39, 0.29) is 11.3 Å². The summed E-state index contributed by atoms with van der Waals surface area (Å²) in [5.74, 6) is 0.0670. The number of carbonyl (C=O) groups excluding carboxylic acids is 2. The Morgan fingerprint density at radius 3 is 2.57 bits per heavy atom. The number of rotatable bonds is 2. The molecule has 0 spiro atoms. The molecule has 2 aliphatic rings. The summed E-state index contributed by atoms with van der Waals surface area (Å²) in [5, 5.41) is -0.145. The maximum atomic E-state index is 12.4. The lowest BCUT2D eigenvalue weighted by Crippen LogP contribution is -2.64. The average molecular weight is 440 g/mol. The number of carbonyl (C=O) groups is 2. The maximum absolute atomic E-state index is 12.4. The molecule has 1 amide bonds. The van der Waals surface area contributed by atoms with Crippen LogP contribution in [0.3, 0.4) is 0 Å². The Morgan fingerprint density at radius 2 is 2.05 bits per heavy atom. The monoisotopic (exact) mass is 438 g/mol. The van der Waals surface area contributed by atoms with Gasteiger partial charge in [-0.25, -0.2) is 4.79 Å². The highest BCUT2D eigenvalue weighted by atomic mass is 79.9. The minimum absolute atomic E-state index is 0.145. The Labute approximate surface area is 144 Å². The van der Waals surface area contributed by atoms with Crippen molar-refractivity contribution in [2.75, 3.05) is 5.75 Å². The van der Waals surface area contributed by atoms with Crippen molar-refractivity contribution in [1.29, 1.82) is 0 Å². The van der Waals surface area contributed by atoms with E-state index in [4.69, 9.17) is 4.74 Å². The van der Waals surface area contributed by atoms with Crippen molar-refractivity contribution in [2.45, 2.75) is 44.7 Å². The number of ether oxygens (including phenoxy) is 1. The molecule has 2 rings (SSSR count). The third kappa shape index (κ3) is 3.53. The van der Waals surface area contributed by atoms with Crippen LogP contribution in [-0.2, 0) is 14.3 Å². The van der Waals surface area contributed by atoms with Gasteiger partial charge in [-0.15, -0.1) is 11.8 Å². The van der Waals surface area contributed by atoms with E-state index >= 15 is 0 Å². The molecule has 21 heavy (non-hydrogen) atoms.